The van der Waals surface area contributed by atoms with Crippen molar-refractivity contribution in [3.05, 3.63) is 65.7 Å². The third-order valence-electron chi connectivity index (χ3n) is 10.1. The van der Waals surface area contributed by atoms with Crippen LogP contribution in [0.4, 0.5) is 85.1 Å². The molecule has 2 rings (SSSR count). The maximum absolute atomic E-state index is 15.0. The van der Waals surface area contributed by atoms with Crippen LogP contribution in [0.5, 0.6) is 11.5 Å². The zero-order valence-corrected chi connectivity index (χ0v) is 35.8. The summed E-state index contributed by atoms with van der Waals surface area (Å²) in [6, 6.07) is 10.3. The average molecular weight is 991 g/mol. The summed E-state index contributed by atoms with van der Waals surface area (Å²) in [5.41, 5.74) is 0.604. The Morgan fingerprint density at radius 2 is 1.14 bits per heavy atom. The molecule has 2 amide bonds. The molecular formula is C38H43F17N2O7Si. The van der Waals surface area contributed by atoms with Crippen LogP contribution in [0.15, 0.2) is 60.2 Å². The molecule has 2 aromatic carbocycles. The molecule has 0 fully saturated rings. The molecule has 0 unspecified atom stereocenters. The van der Waals surface area contributed by atoms with Crippen molar-refractivity contribution in [2.24, 2.45) is 0 Å². The second-order valence-electron chi connectivity index (χ2n) is 15.1. The van der Waals surface area contributed by atoms with E-state index >= 15 is 0 Å². The standard InChI is InChI=1S/C38H43F17N2O7Si/c1-21(2)65(22(3)4,18-15-31(39,40)32(41,42)33(43,44)34(45,46)35(47,48)36(49,50)37(51,52)38(53,54)55)63-17-16-62-27-11-7-24(8-12-27)28(19-23(5)20-29(58)57-60)64-30(59)56-25-9-13-26(61-6)14-10-25/h7-14,20-22,28,60H,15-19H2,1-6H3,(H,56,59)(H,57,58)/b23-20+/t28-/m0/s1. The third-order valence-corrected chi connectivity index (χ3v) is 15.8. The maximum atomic E-state index is 15.0. The second-order valence-corrected chi connectivity index (χ2v) is 20.1. The van der Waals surface area contributed by atoms with Gasteiger partial charge in [0.25, 0.3) is 5.91 Å². The molecule has 3 N–H and O–H groups in total. The molecule has 0 saturated heterocycles. The van der Waals surface area contributed by atoms with E-state index in [2.05, 4.69) is 5.32 Å². The van der Waals surface area contributed by atoms with Crippen LogP contribution in [0.25, 0.3) is 0 Å². The van der Waals surface area contributed by atoms with Crippen molar-refractivity contribution in [3.63, 3.8) is 0 Å². The molecule has 0 aliphatic rings. The lowest BCUT2D eigenvalue weighted by molar-refractivity contribution is -0.461. The lowest BCUT2D eigenvalue weighted by atomic mass is 9.88. The van der Waals surface area contributed by atoms with Crippen LogP contribution in [0.2, 0.25) is 17.1 Å². The molecule has 1 atom stereocenters. The first kappa shape index (κ1) is 56.6. The average Bonchev–Trinajstić information content (AvgIpc) is 3.19. The molecule has 0 bridgehead atoms. The predicted molar refractivity (Wildman–Crippen MR) is 198 cm³/mol. The highest BCUT2D eigenvalue weighted by atomic mass is 28.4. The van der Waals surface area contributed by atoms with Crippen molar-refractivity contribution >= 4 is 26.0 Å². The van der Waals surface area contributed by atoms with E-state index in [1.165, 1.54) is 83.6 Å². The molecule has 0 heterocycles. The van der Waals surface area contributed by atoms with E-state index < -0.39 is 111 Å². The van der Waals surface area contributed by atoms with Crippen LogP contribution in [-0.4, -0.2) is 93.5 Å². The molecule has 0 aliphatic heterocycles. The number of hydrogen-bond donors (Lipinski definition) is 3. The van der Waals surface area contributed by atoms with E-state index in [1.807, 2.05) is 0 Å². The van der Waals surface area contributed by atoms with Gasteiger partial charge in [0, 0.05) is 24.6 Å². The molecule has 27 heteroatoms. The van der Waals surface area contributed by atoms with Crippen molar-refractivity contribution < 1.29 is 108 Å². The van der Waals surface area contributed by atoms with Gasteiger partial charge < -0.3 is 18.6 Å². The van der Waals surface area contributed by atoms with Crippen LogP contribution >= 0.6 is 0 Å². The smallest absolute Gasteiger partial charge is 0.460 e. The number of hydroxylamine groups is 1. The first-order chi connectivity index (χ1) is 29.4. The zero-order chi connectivity index (χ0) is 50.4. The van der Waals surface area contributed by atoms with Gasteiger partial charge in [-0.3, -0.25) is 15.3 Å². The second kappa shape index (κ2) is 20.5. The van der Waals surface area contributed by atoms with E-state index in [1.54, 1.807) is 12.1 Å². The molecule has 65 heavy (non-hydrogen) atoms. The van der Waals surface area contributed by atoms with Crippen LogP contribution in [-0.2, 0) is 14.0 Å². The first-order valence-corrected chi connectivity index (χ1v) is 21.0. The predicted octanol–water partition coefficient (Wildman–Crippen LogP) is 12.4. The molecule has 0 spiro atoms. The van der Waals surface area contributed by atoms with Crippen molar-refractivity contribution in [2.75, 3.05) is 25.6 Å². The van der Waals surface area contributed by atoms with Crippen molar-refractivity contribution in [3.8, 4) is 11.5 Å². The zero-order valence-electron chi connectivity index (χ0n) is 34.8. The summed E-state index contributed by atoms with van der Waals surface area (Å²) >= 11 is 0. The van der Waals surface area contributed by atoms with Gasteiger partial charge in [-0.05, 0) is 66.0 Å². The van der Waals surface area contributed by atoms with Gasteiger partial charge in [0.15, 0.2) is 8.32 Å². The first-order valence-electron chi connectivity index (χ1n) is 18.7. The number of carbonyl (C=O) groups excluding carboxylic acids is 2. The Balaban J connectivity index is 2.29. The molecule has 9 nitrogen and oxygen atoms in total. The summed E-state index contributed by atoms with van der Waals surface area (Å²) in [7, 11) is -2.60. The monoisotopic (exact) mass is 990 g/mol. The van der Waals surface area contributed by atoms with Crippen molar-refractivity contribution in [1.82, 2.24) is 5.48 Å². The molecule has 0 radical (unpaired) electrons. The number of methoxy groups -OCH3 is 1. The highest BCUT2D eigenvalue weighted by Crippen LogP contribution is 2.64. The van der Waals surface area contributed by atoms with Crippen LogP contribution in [0.1, 0.15) is 59.1 Å². The third kappa shape index (κ3) is 11.7. The minimum atomic E-state index is -8.71. The van der Waals surface area contributed by atoms with Gasteiger partial charge in [-0.1, -0.05) is 45.4 Å². The fraction of sp³-hybridized carbons (Fsp3) is 0.579. The molecule has 0 saturated carbocycles. The Labute approximate surface area is 360 Å². The molecular weight excluding hydrogens is 947 g/mol. The number of amides is 2. The van der Waals surface area contributed by atoms with E-state index in [-0.39, 0.29) is 12.2 Å². The molecule has 370 valence electrons. The largest absolute Gasteiger partial charge is 0.497 e. The SMILES string of the molecule is COc1ccc(NC(=O)O[C@@H](C/C(C)=C/C(=O)NO)c2ccc(OCCO[Si](CCC(F)(F)C(F)(F)C(F)(F)C(F)(F)C(F)(F)C(F)(F)C(F)(F)C(F)(F)F)(C(C)C)C(C)C)cc2)cc1. The summed E-state index contributed by atoms with van der Waals surface area (Å²) in [5, 5.41) is 11.4. The number of benzene rings is 2. The van der Waals surface area contributed by atoms with Crippen LogP contribution in [0.3, 0.4) is 0 Å². The number of nitrogens with one attached hydrogen (secondary N) is 2. The topological polar surface area (TPSA) is 115 Å². The number of alkyl halides is 17. The van der Waals surface area contributed by atoms with Crippen molar-refractivity contribution in [1.29, 1.82) is 0 Å². The number of anilines is 1. The highest BCUT2D eigenvalue weighted by molar-refractivity contribution is 6.76. The fourth-order valence-corrected chi connectivity index (χ4v) is 10.8. The molecule has 2 aromatic rings. The fourth-order valence-electron chi connectivity index (χ4n) is 6.31. The minimum Gasteiger partial charge on any atom is -0.497 e. The Hall–Kier alpha value is -4.53. The van der Waals surface area contributed by atoms with Gasteiger partial charge >= 0.3 is 53.7 Å². The van der Waals surface area contributed by atoms with E-state index in [4.69, 9.17) is 23.8 Å². The van der Waals surface area contributed by atoms with Crippen LogP contribution in [0, 0.1) is 0 Å². The van der Waals surface area contributed by atoms with Gasteiger partial charge in [0.1, 0.15) is 24.2 Å². The van der Waals surface area contributed by atoms with Gasteiger partial charge in [0.2, 0.25) is 0 Å². The Morgan fingerprint density at radius 1 is 0.677 bits per heavy atom. The van der Waals surface area contributed by atoms with Gasteiger partial charge in [-0.25, -0.2) is 10.3 Å². The number of ether oxygens (including phenoxy) is 3. The highest BCUT2D eigenvalue weighted by Gasteiger charge is 2.95. The summed E-state index contributed by atoms with van der Waals surface area (Å²) in [6.45, 7) is 5.70. The van der Waals surface area contributed by atoms with Crippen LogP contribution < -0.4 is 20.3 Å². The lowest BCUT2D eigenvalue weighted by Gasteiger charge is -2.44. The van der Waals surface area contributed by atoms with E-state index in [0.29, 0.717) is 22.6 Å². The minimum absolute atomic E-state index is 0.0803. The quantitative estimate of drug-likeness (QED) is 0.0254. The lowest BCUT2D eigenvalue weighted by Crippen LogP contribution is -2.74. The Morgan fingerprint density at radius 3 is 1.58 bits per heavy atom. The Kier molecular flexibility index (Phi) is 17.9. The normalized spacial score (nSPS) is 14.6. The number of halogens is 17. The summed E-state index contributed by atoms with van der Waals surface area (Å²) in [4.78, 5) is 24.5. The van der Waals surface area contributed by atoms with Crippen molar-refractivity contribution in [2.45, 2.75) is 118 Å². The Bertz CT molecular complexity index is 1920. The molecule has 0 aliphatic carbocycles. The number of rotatable bonds is 23. The van der Waals surface area contributed by atoms with Gasteiger partial charge in [-0.15, -0.1) is 0 Å². The number of carbonyl (C=O) groups is 2. The summed E-state index contributed by atoms with van der Waals surface area (Å²) in [5.74, 6) is -57.2. The summed E-state index contributed by atoms with van der Waals surface area (Å²) < 4.78 is 258. The maximum Gasteiger partial charge on any atom is 0.460 e. The van der Waals surface area contributed by atoms with E-state index in [0.717, 1.165) is 6.08 Å². The van der Waals surface area contributed by atoms with Gasteiger partial charge in [0.05, 0.1) is 13.7 Å². The van der Waals surface area contributed by atoms with E-state index in [9.17, 15) is 84.2 Å². The number of hydrogen-bond acceptors (Lipinski definition) is 7. The summed E-state index contributed by atoms with van der Waals surface area (Å²) in [6.07, 6.45) is -11.5. The van der Waals surface area contributed by atoms with Gasteiger partial charge in [-0.2, -0.15) is 74.6 Å². The molecule has 0 aromatic heterocycles.